The topological polar surface area (TPSA) is 101 Å². The fourth-order valence-electron chi connectivity index (χ4n) is 3.38. The van der Waals surface area contributed by atoms with Crippen LogP contribution < -0.4 is 0 Å². The third-order valence-corrected chi connectivity index (χ3v) is 5.04. The smallest absolute Gasteiger partial charge is 0.409 e. The first-order valence-electron chi connectivity index (χ1n) is 10.4. The Kier molecular flexibility index (Phi) is 7.64. The minimum absolute atomic E-state index is 0.00886. The molecule has 2 amide bonds. The molecular weight excluding hydrogens is 398 g/mol. The van der Waals surface area contributed by atoms with Crippen LogP contribution >= 0.6 is 0 Å². The molecule has 0 spiro atoms. The molecule has 0 bridgehead atoms. The second-order valence-corrected chi connectivity index (χ2v) is 7.47. The number of methoxy groups -OCH3 is 1. The van der Waals surface area contributed by atoms with Crippen molar-refractivity contribution in [3.05, 3.63) is 47.6 Å². The second-order valence-electron chi connectivity index (χ2n) is 7.47. The number of fused-ring (bicyclic) bond motifs is 1. The number of carbonyl (C=O) groups excluding carboxylic acids is 2. The number of carbonyl (C=O) groups is 2. The van der Waals surface area contributed by atoms with Crippen LogP contribution in [0.3, 0.4) is 0 Å². The maximum Gasteiger partial charge on any atom is 0.409 e. The molecule has 0 saturated carbocycles. The molecule has 31 heavy (non-hydrogen) atoms. The van der Waals surface area contributed by atoms with Crippen LogP contribution in [0.25, 0.3) is 11.0 Å². The average molecular weight is 428 g/mol. The summed E-state index contributed by atoms with van der Waals surface area (Å²) in [7, 11) is 4.91. The number of allylic oxidation sites excluding steroid dienone is 3. The van der Waals surface area contributed by atoms with Gasteiger partial charge < -0.3 is 19.3 Å². The highest BCUT2D eigenvalue weighted by atomic mass is 16.6. The highest BCUT2D eigenvalue weighted by molar-refractivity contribution is 5.81. The summed E-state index contributed by atoms with van der Waals surface area (Å²) in [5.74, 6) is 0.838. The van der Waals surface area contributed by atoms with Crippen molar-refractivity contribution in [2.45, 2.75) is 32.1 Å². The van der Waals surface area contributed by atoms with Gasteiger partial charge >= 0.3 is 6.09 Å². The van der Waals surface area contributed by atoms with E-state index in [2.05, 4.69) is 15.2 Å². The van der Waals surface area contributed by atoms with Crippen LogP contribution in [0.1, 0.15) is 31.4 Å². The molecule has 2 aromatic heterocycles. The van der Waals surface area contributed by atoms with Crippen molar-refractivity contribution in [3.63, 3.8) is 0 Å². The first-order valence-corrected chi connectivity index (χ1v) is 10.4. The predicted octanol–water partition coefficient (Wildman–Crippen LogP) is 3.02. The van der Waals surface area contributed by atoms with Crippen LogP contribution in [0.15, 0.2) is 41.9 Å². The van der Waals surface area contributed by atoms with Crippen molar-refractivity contribution in [2.24, 2.45) is 0 Å². The van der Waals surface area contributed by atoms with Gasteiger partial charge in [0.15, 0.2) is 5.65 Å². The SMILES string of the molecule is COC1=CC(N(CCCOC(=O)N(C)C)C(=O)CCc2[nH]nc3ncccc23)=CCC1. The molecule has 2 heterocycles. The van der Waals surface area contributed by atoms with E-state index in [1.807, 2.05) is 24.3 Å². The van der Waals surface area contributed by atoms with E-state index in [0.29, 0.717) is 31.5 Å². The fourth-order valence-corrected chi connectivity index (χ4v) is 3.38. The van der Waals surface area contributed by atoms with Crippen LogP contribution in [-0.2, 0) is 20.7 Å². The molecule has 0 radical (unpaired) electrons. The molecule has 0 aliphatic heterocycles. The number of aromatic nitrogens is 3. The highest BCUT2D eigenvalue weighted by Crippen LogP contribution is 2.22. The molecule has 1 aliphatic carbocycles. The van der Waals surface area contributed by atoms with Gasteiger partial charge in [0, 0.05) is 56.5 Å². The van der Waals surface area contributed by atoms with Crippen LogP contribution in [0.5, 0.6) is 0 Å². The van der Waals surface area contributed by atoms with Crippen molar-refractivity contribution >= 4 is 23.0 Å². The first kappa shape index (κ1) is 22.3. The summed E-state index contributed by atoms with van der Waals surface area (Å²) in [5, 5.41) is 8.11. The number of nitrogens with zero attached hydrogens (tertiary/aromatic N) is 4. The zero-order valence-electron chi connectivity index (χ0n) is 18.3. The lowest BCUT2D eigenvalue weighted by Crippen LogP contribution is -2.33. The molecule has 0 fully saturated rings. The zero-order chi connectivity index (χ0) is 22.2. The van der Waals surface area contributed by atoms with E-state index < -0.39 is 6.09 Å². The Hall–Kier alpha value is -3.36. The molecule has 1 N–H and O–H groups in total. The van der Waals surface area contributed by atoms with Crippen molar-refractivity contribution in [2.75, 3.05) is 34.4 Å². The molecule has 0 unspecified atom stereocenters. The normalized spacial score (nSPS) is 13.4. The van der Waals surface area contributed by atoms with Gasteiger partial charge in [-0.1, -0.05) is 6.08 Å². The minimum Gasteiger partial charge on any atom is -0.501 e. The average Bonchev–Trinajstić information content (AvgIpc) is 3.20. The number of hydrogen-bond donors (Lipinski definition) is 1. The third kappa shape index (κ3) is 5.84. The van der Waals surface area contributed by atoms with E-state index in [-0.39, 0.29) is 12.5 Å². The molecule has 2 aromatic rings. The number of pyridine rings is 1. The molecule has 0 aromatic carbocycles. The Balaban J connectivity index is 1.66. The first-order chi connectivity index (χ1) is 15.0. The summed E-state index contributed by atoms with van der Waals surface area (Å²) in [6.45, 7) is 0.690. The number of ether oxygens (including phenoxy) is 2. The van der Waals surface area contributed by atoms with Gasteiger partial charge in [0.05, 0.1) is 19.5 Å². The monoisotopic (exact) mass is 427 g/mol. The third-order valence-electron chi connectivity index (χ3n) is 5.04. The van der Waals surface area contributed by atoms with Gasteiger partial charge in [-0.2, -0.15) is 5.10 Å². The fraction of sp³-hybridized carbons (Fsp3) is 0.455. The van der Waals surface area contributed by atoms with Crippen molar-refractivity contribution in [1.29, 1.82) is 0 Å². The van der Waals surface area contributed by atoms with Crippen LogP contribution in [0.4, 0.5) is 4.79 Å². The summed E-state index contributed by atoms with van der Waals surface area (Å²) in [4.78, 5) is 32.1. The van der Waals surface area contributed by atoms with Gasteiger partial charge in [0.1, 0.15) is 0 Å². The molecule has 9 heteroatoms. The summed E-state index contributed by atoms with van der Waals surface area (Å²) < 4.78 is 10.6. The molecule has 9 nitrogen and oxygen atoms in total. The quantitative estimate of drug-likeness (QED) is 0.618. The number of rotatable bonds is 9. The number of aromatic amines is 1. The van der Waals surface area contributed by atoms with Crippen molar-refractivity contribution in [3.8, 4) is 0 Å². The Morgan fingerprint density at radius 3 is 2.90 bits per heavy atom. The summed E-state index contributed by atoms with van der Waals surface area (Å²) >= 11 is 0. The zero-order valence-corrected chi connectivity index (χ0v) is 18.3. The molecule has 0 saturated heterocycles. The summed E-state index contributed by atoms with van der Waals surface area (Å²) in [5.41, 5.74) is 2.36. The van der Waals surface area contributed by atoms with E-state index in [1.54, 1.807) is 32.3 Å². The Bertz CT molecular complexity index is 979. The molecule has 3 rings (SSSR count). The molecule has 166 valence electrons. The van der Waals surface area contributed by atoms with Gasteiger partial charge in [0.25, 0.3) is 0 Å². The summed E-state index contributed by atoms with van der Waals surface area (Å²) in [6.07, 6.45) is 8.26. The number of hydrogen-bond acceptors (Lipinski definition) is 6. The lowest BCUT2D eigenvalue weighted by molar-refractivity contribution is -0.129. The van der Waals surface area contributed by atoms with Gasteiger partial charge in [-0.25, -0.2) is 9.78 Å². The predicted molar refractivity (Wildman–Crippen MR) is 116 cm³/mol. The van der Waals surface area contributed by atoms with Crippen molar-refractivity contribution in [1.82, 2.24) is 25.0 Å². The number of H-pyrrole nitrogens is 1. The largest absolute Gasteiger partial charge is 0.501 e. The lowest BCUT2D eigenvalue weighted by atomic mass is 10.1. The maximum atomic E-state index is 13.2. The molecule has 1 aliphatic rings. The van der Waals surface area contributed by atoms with E-state index in [4.69, 9.17) is 9.47 Å². The highest BCUT2D eigenvalue weighted by Gasteiger charge is 2.20. The molecular formula is C22H29N5O4. The van der Waals surface area contributed by atoms with Crippen molar-refractivity contribution < 1.29 is 19.1 Å². The number of amides is 2. The second kappa shape index (κ2) is 10.6. The van der Waals surface area contributed by atoms with Crippen LogP contribution in [0.2, 0.25) is 0 Å². The Morgan fingerprint density at radius 1 is 1.29 bits per heavy atom. The summed E-state index contributed by atoms with van der Waals surface area (Å²) in [6, 6.07) is 3.80. The van der Waals surface area contributed by atoms with E-state index >= 15 is 0 Å². The van der Waals surface area contributed by atoms with Crippen LogP contribution in [-0.4, -0.2) is 71.3 Å². The van der Waals surface area contributed by atoms with Gasteiger partial charge in [0.2, 0.25) is 5.91 Å². The van der Waals surface area contributed by atoms with E-state index in [1.165, 1.54) is 4.90 Å². The standard InChI is InChI=1S/C22H29N5O4/c1-26(2)22(29)31-14-6-13-27(16-7-4-8-17(15-16)30-3)20(28)11-10-19-18-9-5-12-23-21(18)25-24-19/h5,7,9,12,15H,4,6,8,10-11,13-14H2,1-3H3,(H,23,24,25). The Morgan fingerprint density at radius 2 is 2.13 bits per heavy atom. The van der Waals surface area contributed by atoms with Crippen LogP contribution in [0, 0.1) is 0 Å². The Labute approximate surface area is 181 Å². The number of aryl methyl sites for hydroxylation is 1. The van der Waals surface area contributed by atoms with Gasteiger partial charge in [-0.05, 0) is 37.5 Å². The van der Waals surface area contributed by atoms with E-state index in [9.17, 15) is 9.59 Å². The van der Waals surface area contributed by atoms with Gasteiger partial charge in [-0.15, -0.1) is 0 Å². The maximum absolute atomic E-state index is 13.2. The minimum atomic E-state index is -0.393. The molecule has 0 atom stereocenters. The number of nitrogens with one attached hydrogen (secondary N) is 1. The van der Waals surface area contributed by atoms with E-state index in [0.717, 1.165) is 35.4 Å². The lowest BCUT2D eigenvalue weighted by Gasteiger charge is -2.26. The van der Waals surface area contributed by atoms with Gasteiger partial charge in [-0.3, -0.25) is 9.89 Å².